The van der Waals surface area contributed by atoms with E-state index in [0.29, 0.717) is 42.1 Å². The number of halogens is 1. The van der Waals surface area contributed by atoms with E-state index in [2.05, 4.69) is 15.3 Å². The highest BCUT2D eigenvalue weighted by molar-refractivity contribution is 6.33. The van der Waals surface area contributed by atoms with E-state index in [-0.39, 0.29) is 12.3 Å². The van der Waals surface area contributed by atoms with Crippen LogP contribution in [-0.4, -0.2) is 44.9 Å². The molecule has 27 heavy (non-hydrogen) atoms. The van der Waals surface area contributed by atoms with E-state index in [1.54, 1.807) is 29.6 Å². The van der Waals surface area contributed by atoms with E-state index in [1.807, 2.05) is 10.8 Å². The van der Waals surface area contributed by atoms with E-state index in [9.17, 15) is 9.59 Å². The number of hydrogen-bond acceptors (Lipinski definition) is 6. The second-order valence-electron chi connectivity index (χ2n) is 6.26. The van der Waals surface area contributed by atoms with E-state index < -0.39 is 11.9 Å². The fourth-order valence-corrected chi connectivity index (χ4v) is 3.42. The van der Waals surface area contributed by atoms with Gasteiger partial charge in [-0.2, -0.15) is 0 Å². The second kappa shape index (κ2) is 6.92. The molecule has 9 nitrogen and oxygen atoms in total. The summed E-state index contributed by atoms with van der Waals surface area (Å²) in [6, 6.07) is 2.87. The molecule has 2 aliphatic heterocycles. The number of carbonyl (C=O) groups is 2. The smallest absolute Gasteiger partial charge is 0.250 e. The number of carbonyl (C=O) groups excluding carboxylic acids is 2. The molecule has 1 fully saturated rings. The van der Waals surface area contributed by atoms with Gasteiger partial charge in [0.15, 0.2) is 0 Å². The van der Waals surface area contributed by atoms with Gasteiger partial charge < -0.3 is 19.9 Å². The lowest BCUT2D eigenvalue weighted by molar-refractivity contribution is -0.126. The van der Waals surface area contributed by atoms with Crippen molar-refractivity contribution in [3.05, 3.63) is 41.4 Å². The number of benzene rings is 1. The summed E-state index contributed by atoms with van der Waals surface area (Å²) in [5, 5.41) is 3.13. The predicted molar refractivity (Wildman–Crippen MR) is 97.6 cm³/mol. The van der Waals surface area contributed by atoms with Crippen LogP contribution < -0.4 is 15.8 Å². The fourth-order valence-electron chi connectivity index (χ4n) is 3.15. The quantitative estimate of drug-likeness (QED) is 0.759. The van der Waals surface area contributed by atoms with E-state index in [0.717, 1.165) is 5.56 Å². The third-order valence-electron chi connectivity index (χ3n) is 4.48. The first-order chi connectivity index (χ1) is 13.0. The number of imidazole rings is 1. The first-order valence-corrected chi connectivity index (χ1v) is 8.75. The summed E-state index contributed by atoms with van der Waals surface area (Å²) in [6.07, 6.45) is 5.18. The lowest BCUT2D eigenvalue weighted by Gasteiger charge is -2.28. The van der Waals surface area contributed by atoms with Crippen LogP contribution in [0, 0.1) is 0 Å². The topological polar surface area (TPSA) is 115 Å². The Labute approximate surface area is 159 Å². The molecule has 2 aliphatic rings. The molecule has 4 rings (SSSR count). The SMILES string of the molecule is NC(=O)CC1C(=O)NC2=Nc3ccc(OCCn4ccnc4)c(Cl)c3CN21. The number of primary amides is 1. The van der Waals surface area contributed by atoms with Crippen molar-refractivity contribution in [2.45, 2.75) is 25.6 Å². The Kier molecular flexibility index (Phi) is 4.44. The van der Waals surface area contributed by atoms with Crippen LogP contribution in [0.5, 0.6) is 5.75 Å². The highest BCUT2D eigenvalue weighted by Crippen LogP contribution is 2.39. The molecule has 1 atom stereocenters. The van der Waals surface area contributed by atoms with Crippen LogP contribution in [0.3, 0.4) is 0 Å². The van der Waals surface area contributed by atoms with E-state index in [4.69, 9.17) is 22.1 Å². The zero-order chi connectivity index (χ0) is 19.0. The molecule has 140 valence electrons. The molecule has 1 saturated heterocycles. The van der Waals surface area contributed by atoms with Gasteiger partial charge in [0.05, 0.1) is 36.5 Å². The van der Waals surface area contributed by atoms with Gasteiger partial charge in [-0.25, -0.2) is 9.98 Å². The number of nitrogens with zero attached hydrogens (tertiary/aromatic N) is 4. The molecule has 0 saturated carbocycles. The molecule has 0 aliphatic carbocycles. The molecule has 1 aromatic heterocycles. The monoisotopic (exact) mass is 388 g/mol. The van der Waals surface area contributed by atoms with Crippen LogP contribution in [0.4, 0.5) is 5.69 Å². The van der Waals surface area contributed by atoms with Crippen LogP contribution in [0.15, 0.2) is 35.8 Å². The molecular weight excluding hydrogens is 372 g/mol. The third kappa shape index (κ3) is 3.33. The Hall–Kier alpha value is -3.07. The van der Waals surface area contributed by atoms with Gasteiger partial charge in [0, 0.05) is 18.0 Å². The van der Waals surface area contributed by atoms with Crippen molar-refractivity contribution in [2.75, 3.05) is 6.61 Å². The fraction of sp³-hybridized carbons (Fsp3) is 0.294. The van der Waals surface area contributed by atoms with Crippen molar-refractivity contribution in [1.29, 1.82) is 0 Å². The number of aromatic nitrogens is 2. The maximum absolute atomic E-state index is 12.1. The van der Waals surface area contributed by atoms with Gasteiger partial charge in [-0.05, 0) is 12.1 Å². The number of nitrogens with two attached hydrogens (primary N) is 1. The summed E-state index contributed by atoms with van der Waals surface area (Å²) < 4.78 is 7.70. The number of nitrogens with one attached hydrogen (secondary N) is 1. The lowest BCUT2D eigenvalue weighted by atomic mass is 10.1. The maximum atomic E-state index is 12.1. The minimum atomic E-state index is -0.684. The molecule has 1 unspecified atom stereocenters. The molecule has 10 heteroatoms. The zero-order valence-corrected chi connectivity index (χ0v) is 15.0. The first kappa shape index (κ1) is 17.3. The van der Waals surface area contributed by atoms with Crippen molar-refractivity contribution < 1.29 is 14.3 Å². The number of guanidine groups is 1. The summed E-state index contributed by atoms with van der Waals surface area (Å²) in [5.74, 6) is 0.0980. The minimum absolute atomic E-state index is 0.0844. The third-order valence-corrected chi connectivity index (χ3v) is 4.90. The average molecular weight is 389 g/mol. The van der Waals surface area contributed by atoms with Gasteiger partial charge in [-0.3, -0.25) is 14.9 Å². The summed E-state index contributed by atoms with van der Waals surface area (Å²) in [7, 11) is 0. The molecule has 0 radical (unpaired) electrons. The summed E-state index contributed by atoms with van der Waals surface area (Å²) in [5.41, 5.74) is 6.66. The number of hydrogen-bond donors (Lipinski definition) is 2. The number of rotatable bonds is 6. The van der Waals surface area contributed by atoms with E-state index >= 15 is 0 Å². The van der Waals surface area contributed by atoms with Crippen molar-refractivity contribution in [3.63, 3.8) is 0 Å². The molecule has 0 bridgehead atoms. The Morgan fingerprint density at radius 1 is 1.44 bits per heavy atom. The summed E-state index contributed by atoms with van der Waals surface area (Å²) in [4.78, 5) is 33.5. The molecule has 1 aromatic carbocycles. The van der Waals surface area contributed by atoms with Gasteiger partial charge >= 0.3 is 0 Å². The number of amides is 2. The van der Waals surface area contributed by atoms with Crippen LogP contribution >= 0.6 is 11.6 Å². The van der Waals surface area contributed by atoms with Gasteiger partial charge in [0.1, 0.15) is 18.4 Å². The highest BCUT2D eigenvalue weighted by atomic mass is 35.5. The minimum Gasteiger partial charge on any atom is -0.490 e. The number of fused-ring (bicyclic) bond motifs is 2. The molecule has 2 amide bonds. The predicted octanol–water partition coefficient (Wildman–Crippen LogP) is 0.792. The van der Waals surface area contributed by atoms with Crippen LogP contribution in [0.2, 0.25) is 5.02 Å². The van der Waals surface area contributed by atoms with Gasteiger partial charge in [-0.1, -0.05) is 11.6 Å². The molecular formula is C17H17ClN6O3. The van der Waals surface area contributed by atoms with Crippen LogP contribution in [0.1, 0.15) is 12.0 Å². The molecule has 3 N–H and O–H groups in total. The molecule has 3 heterocycles. The Morgan fingerprint density at radius 2 is 2.30 bits per heavy atom. The summed E-state index contributed by atoms with van der Waals surface area (Å²) in [6.45, 7) is 1.40. The Balaban J connectivity index is 1.53. The normalized spacial score (nSPS) is 17.8. The molecule has 2 aromatic rings. The van der Waals surface area contributed by atoms with Crippen molar-refractivity contribution in [2.24, 2.45) is 10.7 Å². The summed E-state index contributed by atoms with van der Waals surface area (Å²) >= 11 is 6.53. The second-order valence-corrected chi connectivity index (χ2v) is 6.64. The van der Waals surface area contributed by atoms with Crippen molar-refractivity contribution in [1.82, 2.24) is 19.8 Å². The number of aliphatic imine (C=N–C) groups is 1. The Morgan fingerprint density at radius 3 is 3.04 bits per heavy atom. The first-order valence-electron chi connectivity index (χ1n) is 8.37. The van der Waals surface area contributed by atoms with Crippen molar-refractivity contribution >= 4 is 35.1 Å². The lowest BCUT2D eigenvalue weighted by Crippen LogP contribution is -2.39. The van der Waals surface area contributed by atoms with Gasteiger partial charge in [0.2, 0.25) is 17.8 Å². The largest absolute Gasteiger partial charge is 0.490 e. The average Bonchev–Trinajstić information content (AvgIpc) is 3.24. The van der Waals surface area contributed by atoms with Gasteiger partial charge in [0.25, 0.3) is 0 Å². The zero-order valence-electron chi connectivity index (χ0n) is 14.3. The van der Waals surface area contributed by atoms with Crippen LogP contribution in [-0.2, 0) is 22.7 Å². The van der Waals surface area contributed by atoms with E-state index in [1.165, 1.54) is 0 Å². The van der Waals surface area contributed by atoms with Crippen LogP contribution in [0.25, 0.3) is 0 Å². The van der Waals surface area contributed by atoms with Crippen molar-refractivity contribution in [3.8, 4) is 5.75 Å². The molecule has 0 spiro atoms. The Bertz CT molecular complexity index is 927. The highest BCUT2D eigenvalue weighted by Gasteiger charge is 2.40. The van der Waals surface area contributed by atoms with Gasteiger partial charge in [-0.15, -0.1) is 0 Å². The maximum Gasteiger partial charge on any atom is 0.250 e. The number of ether oxygens (including phenoxy) is 1. The standard InChI is InChI=1S/C17H17ClN6O3/c18-15-10-8-24-12(7-14(19)25)16(26)22-17(24)21-11(10)1-2-13(15)27-6-5-23-4-3-20-9-23/h1-4,9,12H,5-8H2,(H2,19,25)(H,21,22,26).